The van der Waals surface area contributed by atoms with Crippen LogP contribution in [-0.4, -0.2) is 9.38 Å². The average Bonchev–Trinajstić information content (AvgIpc) is 2.55. The summed E-state index contributed by atoms with van der Waals surface area (Å²) in [4.78, 5) is 4.10. The number of fused-ring (bicyclic) bond motifs is 1. The SMILES string of the molecule is CC.c1cnc2cccn2c1. The smallest absolute Gasteiger partial charge is 0.136 e. The second-order valence-electron chi connectivity index (χ2n) is 1.89. The van der Waals surface area contributed by atoms with Gasteiger partial charge in [-0.1, -0.05) is 13.8 Å². The average molecular weight is 148 g/mol. The summed E-state index contributed by atoms with van der Waals surface area (Å²) in [6, 6.07) is 5.86. The standard InChI is InChI=1S/C7H6N2.C2H6/c1-3-7-8-4-2-6-9(7)5-1;1-2/h1-6H;1-2H3. The predicted molar refractivity (Wildman–Crippen MR) is 46.5 cm³/mol. The van der Waals surface area contributed by atoms with E-state index in [4.69, 9.17) is 0 Å². The van der Waals surface area contributed by atoms with Gasteiger partial charge in [0.05, 0.1) is 0 Å². The van der Waals surface area contributed by atoms with Crippen LogP contribution in [0.2, 0.25) is 0 Å². The topological polar surface area (TPSA) is 17.3 Å². The summed E-state index contributed by atoms with van der Waals surface area (Å²) < 4.78 is 1.97. The second-order valence-corrected chi connectivity index (χ2v) is 1.89. The number of hydrogen-bond acceptors (Lipinski definition) is 1. The third kappa shape index (κ3) is 1.58. The first kappa shape index (κ1) is 7.79. The van der Waals surface area contributed by atoms with E-state index in [-0.39, 0.29) is 0 Å². The fourth-order valence-electron chi connectivity index (χ4n) is 0.871. The molecule has 0 spiro atoms. The van der Waals surface area contributed by atoms with Crippen LogP contribution in [0.3, 0.4) is 0 Å². The predicted octanol–water partition coefficient (Wildman–Crippen LogP) is 2.36. The van der Waals surface area contributed by atoms with E-state index in [0.717, 1.165) is 5.65 Å². The molecule has 0 saturated carbocycles. The molecule has 2 aromatic rings. The Kier molecular flexibility index (Phi) is 2.66. The Balaban J connectivity index is 0.000000281. The van der Waals surface area contributed by atoms with E-state index in [9.17, 15) is 0 Å². The largest absolute Gasteiger partial charge is 0.309 e. The molecule has 0 radical (unpaired) electrons. The summed E-state index contributed by atoms with van der Waals surface area (Å²) in [6.45, 7) is 4.00. The summed E-state index contributed by atoms with van der Waals surface area (Å²) in [6.07, 6.45) is 5.74. The van der Waals surface area contributed by atoms with E-state index in [1.807, 2.05) is 48.8 Å². The highest BCUT2D eigenvalue weighted by Crippen LogP contribution is 1.96. The molecule has 0 N–H and O–H groups in total. The lowest BCUT2D eigenvalue weighted by atomic mass is 10.6. The first-order valence-electron chi connectivity index (χ1n) is 3.84. The molecule has 0 aliphatic rings. The van der Waals surface area contributed by atoms with Gasteiger partial charge in [-0.2, -0.15) is 0 Å². The minimum atomic E-state index is 0.998. The summed E-state index contributed by atoms with van der Waals surface area (Å²) in [5, 5.41) is 0. The molecule has 0 unspecified atom stereocenters. The first-order valence-corrected chi connectivity index (χ1v) is 3.84. The van der Waals surface area contributed by atoms with Crippen LogP contribution in [0.1, 0.15) is 13.8 Å². The molecule has 0 saturated heterocycles. The molecule has 2 nitrogen and oxygen atoms in total. The number of aromatic nitrogens is 2. The summed E-state index contributed by atoms with van der Waals surface area (Å²) in [7, 11) is 0. The van der Waals surface area contributed by atoms with Crippen LogP contribution in [0.15, 0.2) is 36.8 Å². The quantitative estimate of drug-likeness (QED) is 0.560. The molecule has 0 fully saturated rings. The van der Waals surface area contributed by atoms with Gasteiger partial charge in [-0.3, -0.25) is 0 Å². The highest BCUT2D eigenvalue weighted by Gasteiger charge is 1.85. The molecule has 2 aromatic heterocycles. The minimum Gasteiger partial charge on any atom is -0.309 e. The normalized spacial score (nSPS) is 8.91. The van der Waals surface area contributed by atoms with Gasteiger partial charge in [-0.05, 0) is 18.2 Å². The van der Waals surface area contributed by atoms with Crippen LogP contribution in [0.25, 0.3) is 5.65 Å². The number of nitrogens with zero attached hydrogens (tertiary/aromatic N) is 2. The third-order valence-electron chi connectivity index (χ3n) is 1.30. The van der Waals surface area contributed by atoms with Crippen molar-refractivity contribution in [3.8, 4) is 0 Å². The van der Waals surface area contributed by atoms with Gasteiger partial charge in [-0.15, -0.1) is 0 Å². The van der Waals surface area contributed by atoms with E-state index >= 15 is 0 Å². The maximum Gasteiger partial charge on any atom is 0.136 e. The summed E-state index contributed by atoms with van der Waals surface area (Å²) in [5.41, 5.74) is 0.998. The Morgan fingerprint density at radius 3 is 2.64 bits per heavy atom. The van der Waals surface area contributed by atoms with E-state index < -0.39 is 0 Å². The molecule has 0 atom stereocenters. The zero-order valence-corrected chi connectivity index (χ0v) is 6.86. The molecule has 0 bridgehead atoms. The summed E-state index contributed by atoms with van der Waals surface area (Å²) >= 11 is 0. The zero-order valence-electron chi connectivity index (χ0n) is 6.86. The molecule has 0 amide bonds. The fraction of sp³-hybridized carbons (Fsp3) is 0.222. The lowest BCUT2D eigenvalue weighted by molar-refractivity contribution is 1.13. The Labute approximate surface area is 66.5 Å². The lowest BCUT2D eigenvalue weighted by Gasteiger charge is -1.87. The van der Waals surface area contributed by atoms with Crippen molar-refractivity contribution in [3.63, 3.8) is 0 Å². The molecule has 0 aliphatic heterocycles. The highest BCUT2D eigenvalue weighted by atomic mass is 14.9. The Morgan fingerprint density at radius 1 is 1.18 bits per heavy atom. The Morgan fingerprint density at radius 2 is 1.91 bits per heavy atom. The monoisotopic (exact) mass is 148 g/mol. The Bertz CT molecular complexity index is 282. The van der Waals surface area contributed by atoms with Crippen molar-refractivity contribution in [1.82, 2.24) is 9.38 Å². The van der Waals surface area contributed by atoms with Gasteiger partial charge in [0.15, 0.2) is 0 Å². The molecule has 2 heteroatoms. The molecule has 0 aromatic carbocycles. The lowest BCUT2D eigenvalue weighted by Crippen LogP contribution is -1.80. The first-order chi connectivity index (χ1) is 5.47. The van der Waals surface area contributed by atoms with Crippen molar-refractivity contribution >= 4 is 5.65 Å². The van der Waals surface area contributed by atoms with Crippen LogP contribution >= 0.6 is 0 Å². The Hall–Kier alpha value is -1.31. The van der Waals surface area contributed by atoms with Gasteiger partial charge in [0.1, 0.15) is 5.65 Å². The van der Waals surface area contributed by atoms with Gasteiger partial charge in [0.2, 0.25) is 0 Å². The summed E-state index contributed by atoms with van der Waals surface area (Å²) in [5.74, 6) is 0. The highest BCUT2D eigenvalue weighted by molar-refractivity contribution is 5.37. The van der Waals surface area contributed by atoms with Crippen molar-refractivity contribution in [2.24, 2.45) is 0 Å². The van der Waals surface area contributed by atoms with Crippen LogP contribution < -0.4 is 0 Å². The van der Waals surface area contributed by atoms with Crippen LogP contribution in [0.5, 0.6) is 0 Å². The molecule has 58 valence electrons. The fourth-order valence-corrected chi connectivity index (χ4v) is 0.871. The maximum absolute atomic E-state index is 4.10. The molecule has 2 rings (SSSR count). The molecule has 0 aliphatic carbocycles. The van der Waals surface area contributed by atoms with Gasteiger partial charge in [0.25, 0.3) is 0 Å². The molecular weight excluding hydrogens is 136 g/mol. The van der Waals surface area contributed by atoms with E-state index in [1.165, 1.54) is 0 Å². The van der Waals surface area contributed by atoms with Crippen molar-refractivity contribution in [2.45, 2.75) is 13.8 Å². The van der Waals surface area contributed by atoms with E-state index in [1.54, 1.807) is 6.20 Å². The van der Waals surface area contributed by atoms with Crippen LogP contribution in [-0.2, 0) is 0 Å². The molecule has 2 heterocycles. The van der Waals surface area contributed by atoms with Crippen molar-refractivity contribution in [2.75, 3.05) is 0 Å². The second kappa shape index (κ2) is 3.76. The van der Waals surface area contributed by atoms with Gasteiger partial charge < -0.3 is 4.40 Å². The van der Waals surface area contributed by atoms with Gasteiger partial charge in [-0.25, -0.2) is 4.98 Å². The van der Waals surface area contributed by atoms with Crippen LogP contribution in [0, 0.1) is 0 Å². The zero-order chi connectivity index (χ0) is 8.10. The number of rotatable bonds is 0. The van der Waals surface area contributed by atoms with Crippen molar-refractivity contribution in [1.29, 1.82) is 0 Å². The van der Waals surface area contributed by atoms with E-state index in [0.29, 0.717) is 0 Å². The minimum absolute atomic E-state index is 0.998. The van der Waals surface area contributed by atoms with Gasteiger partial charge >= 0.3 is 0 Å². The van der Waals surface area contributed by atoms with Crippen molar-refractivity contribution < 1.29 is 0 Å². The third-order valence-corrected chi connectivity index (χ3v) is 1.30. The number of hydrogen-bond donors (Lipinski definition) is 0. The van der Waals surface area contributed by atoms with E-state index in [2.05, 4.69) is 4.98 Å². The van der Waals surface area contributed by atoms with Crippen LogP contribution in [0.4, 0.5) is 0 Å². The molecular formula is C9H12N2. The van der Waals surface area contributed by atoms with Gasteiger partial charge in [0, 0.05) is 18.6 Å². The maximum atomic E-state index is 4.10. The van der Waals surface area contributed by atoms with Crippen molar-refractivity contribution in [3.05, 3.63) is 36.8 Å². The molecule has 11 heavy (non-hydrogen) atoms.